The number of carboxylic acid groups (broad SMARTS) is 1. The van der Waals surface area contributed by atoms with Gasteiger partial charge in [-0.05, 0) is 30.0 Å². The van der Waals surface area contributed by atoms with Gasteiger partial charge in [0.2, 0.25) is 5.91 Å². The molecule has 0 atom stereocenters. The van der Waals surface area contributed by atoms with Crippen molar-refractivity contribution in [3.8, 4) is 5.75 Å². The molecule has 0 aliphatic heterocycles. The molecule has 0 radical (unpaired) electrons. The predicted molar refractivity (Wildman–Crippen MR) is 91.9 cm³/mol. The molecule has 0 bridgehead atoms. The number of ether oxygens (including phenoxy) is 1. The number of carbonyl (C=O) groups is 2. The highest BCUT2D eigenvalue weighted by molar-refractivity contribution is 5.75. The van der Waals surface area contributed by atoms with Crippen molar-refractivity contribution in [1.29, 1.82) is 0 Å². The van der Waals surface area contributed by atoms with Gasteiger partial charge in [0, 0.05) is 20.0 Å². The topological polar surface area (TPSA) is 66.8 Å². The van der Waals surface area contributed by atoms with Gasteiger partial charge in [-0.1, -0.05) is 44.2 Å². The number of hydrogen-bond acceptors (Lipinski definition) is 3. The molecule has 0 aromatic heterocycles. The molecule has 0 spiro atoms. The zero-order valence-corrected chi connectivity index (χ0v) is 14.4. The van der Waals surface area contributed by atoms with Gasteiger partial charge in [0.15, 0.2) is 6.61 Å². The molecular formula is C19H27NO4. The first-order valence-corrected chi connectivity index (χ1v) is 8.72. The van der Waals surface area contributed by atoms with E-state index in [-0.39, 0.29) is 12.5 Å². The summed E-state index contributed by atoms with van der Waals surface area (Å²) in [7, 11) is 1.83. The van der Waals surface area contributed by atoms with Gasteiger partial charge in [-0.25, -0.2) is 4.79 Å². The summed E-state index contributed by atoms with van der Waals surface area (Å²) in [5, 5.41) is 8.58. The maximum Gasteiger partial charge on any atom is 0.341 e. The lowest BCUT2D eigenvalue weighted by Crippen LogP contribution is -2.26. The second-order valence-electron chi connectivity index (χ2n) is 6.62. The van der Waals surface area contributed by atoms with Crippen LogP contribution in [0.25, 0.3) is 0 Å². The largest absolute Gasteiger partial charge is 0.482 e. The Balaban J connectivity index is 1.74. The molecule has 1 aromatic rings. The Morgan fingerprint density at radius 2 is 1.83 bits per heavy atom. The van der Waals surface area contributed by atoms with Crippen molar-refractivity contribution in [2.45, 2.75) is 51.5 Å². The fourth-order valence-electron chi connectivity index (χ4n) is 3.19. The van der Waals surface area contributed by atoms with Crippen molar-refractivity contribution in [1.82, 2.24) is 4.90 Å². The van der Waals surface area contributed by atoms with Gasteiger partial charge in [-0.2, -0.15) is 0 Å². The van der Waals surface area contributed by atoms with Gasteiger partial charge in [-0.3, -0.25) is 4.79 Å². The van der Waals surface area contributed by atoms with E-state index in [1.165, 1.54) is 32.1 Å². The van der Waals surface area contributed by atoms with E-state index in [0.717, 1.165) is 17.9 Å². The molecule has 2 rings (SSSR count). The van der Waals surface area contributed by atoms with Gasteiger partial charge < -0.3 is 14.7 Å². The first-order valence-electron chi connectivity index (χ1n) is 8.72. The first kappa shape index (κ1) is 18.3. The average molecular weight is 333 g/mol. The van der Waals surface area contributed by atoms with Gasteiger partial charge in [0.25, 0.3) is 0 Å². The van der Waals surface area contributed by atoms with E-state index in [4.69, 9.17) is 9.84 Å². The number of benzene rings is 1. The van der Waals surface area contributed by atoms with Crippen LogP contribution in [0.4, 0.5) is 0 Å². The third-order valence-electron chi connectivity index (χ3n) is 4.62. The van der Waals surface area contributed by atoms with Crippen LogP contribution in [0.5, 0.6) is 5.75 Å². The molecule has 1 aliphatic carbocycles. The minimum absolute atomic E-state index is 0.187. The third kappa shape index (κ3) is 6.22. The van der Waals surface area contributed by atoms with Crippen LogP contribution in [0.2, 0.25) is 0 Å². The minimum atomic E-state index is -0.998. The van der Waals surface area contributed by atoms with E-state index in [2.05, 4.69) is 0 Å². The summed E-state index contributed by atoms with van der Waals surface area (Å²) in [4.78, 5) is 24.5. The number of amides is 1. The number of hydrogen-bond donors (Lipinski definition) is 1. The summed E-state index contributed by atoms with van der Waals surface area (Å²) in [6.45, 7) is 0.210. The highest BCUT2D eigenvalue weighted by Gasteiger charge is 2.16. The zero-order chi connectivity index (χ0) is 17.4. The molecule has 1 fully saturated rings. The fourth-order valence-corrected chi connectivity index (χ4v) is 3.19. The van der Waals surface area contributed by atoms with E-state index in [0.29, 0.717) is 18.7 Å². The Morgan fingerprint density at radius 1 is 1.17 bits per heavy atom. The van der Waals surface area contributed by atoms with E-state index < -0.39 is 5.97 Å². The number of aliphatic carboxylic acids is 1. The second-order valence-corrected chi connectivity index (χ2v) is 6.62. The van der Waals surface area contributed by atoms with Crippen molar-refractivity contribution in [3.05, 3.63) is 29.8 Å². The Morgan fingerprint density at radius 3 is 2.46 bits per heavy atom. The van der Waals surface area contributed by atoms with Gasteiger partial charge in [0.1, 0.15) is 5.75 Å². The summed E-state index contributed by atoms with van der Waals surface area (Å²) >= 11 is 0. The molecule has 0 unspecified atom stereocenters. The lowest BCUT2D eigenvalue weighted by molar-refractivity contribution is -0.139. The molecule has 5 heteroatoms. The van der Waals surface area contributed by atoms with Gasteiger partial charge >= 0.3 is 5.97 Å². The number of carboxylic acids is 1. The minimum Gasteiger partial charge on any atom is -0.482 e. The van der Waals surface area contributed by atoms with E-state index in [1.807, 2.05) is 19.2 Å². The van der Waals surface area contributed by atoms with E-state index >= 15 is 0 Å². The quantitative estimate of drug-likeness (QED) is 0.791. The number of nitrogens with zero attached hydrogens (tertiary/aromatic N) is 1. The van der Waals surface area contributed by atoms with E-state index in [1.54, 1.807) is 17.0 Å². The van der Waals surface area contributed by atoms with Crippen LogP contribution in [0.1, 0.15) is 50.5 Å². The maximum absolute atomic E-state index is 12.3. The molecule has 1 saturated carbocycles. The monoisotopic (exact) mass is 333 g/mol. The summed E-state index contributed by atoms with van der Waals surface area (Å²) in [5.41, 5.74) is 1.01. The molecule has 1 N–H and O–H groups in total. The molecule has 0 saturated heterocycles. The predicted octanol–water partition coefficient (Wildman–Crippen LogP) is 3.47. The SMILES string of the molecule is CN(Cc1ccc(OCC(=O)O)cc1)C(=O)CCC1CCCCC1. The van der Waals surface area contributed by atoms with Crippen molar-refractivity contribution in [2.24, 2.45) is 5.92 Å². The fraction of sp³-hybridized carbons (Fsp3) is 0.579. The Labute approximate surface area is 143 Å². The van der Waals surface area contributed by atoms with Crippen LogP contribution in [-0.2, 0) is 16.1 Å². The van der Waals surface area contributed by atoms with Gasteiger partial charge in [0.05, 0.1) is 0 Å². The van der Waals surface area contributed by atoms with Gasteiger partial charge in [-0.15, -0.1) is 0 Å². The lowest BCUT2D eigenvalue weighted by Gasteiger charge is -2.23. The summed E-state index contributed by atoms with van der Waals surface area (Å²) < 4.78 is 5.10. The Kier molecular flexibility index (Phi) is 7.09. The summed E-state index contributed by atoms with van der Waals surface area (Å²) in [5.74, 6) is 0.434. The molecular weight excluding hydrogens is 306 g/mol. The standard InChI is InChI=1S/C19H27NO4/c1-20(18(21)12-9-15-5-3-2-4-6-15)13-16-7-10-17(11-8-16)24-14-19(22)23/h7-8,10-11,15H,2-6,9,12-14H2,1H3,(H,22,23). The highest BCUT2D eigenvalue weighted by Crippen LogP contribution is 2.27. The van der Waals surface area contributed by atoms with Crippen molar-refractivity contribution >= 4 is 11.9 Å². The molecule has 1 aromatic carbocycles. The highest BCUT2D eigenvalue weighted by atomic mass is 16.5. The van der Waals surface area contributed by atoms with Crippen LogP contribution < -0.4 is 4.74 Å². The normalized spacial score (nSPS) is 15.0. The van der Waals surface area contributed by atoms with E-state index in [9.17, 15) is 9.59 Å². The van der Waals surface area contributed by atoms with Crippen molar-refractivity contribution in [3.63, 3.8) is 0 Å². The average Bonchev–Trinajstić information content (AvgIpc) is 2.59. The second kappa shape index (κ2) is 9.30. The molecule has 24 heavy (non-hydrogen) atoms. The van der Waals surface area contributed by atoms with Crippen LogP contribution in [0, 0.1) is 5.92 Å². The zero-order valence-electron chi connectivity index (χ0n) is 14.4. The number of rotatable bonds is 8. The maximum atomic E-state index is 12.3. The van der Waals surface area contributed by atoms with Crippen molar-refractivity contribution in [2.75, 3.05) is 13.7 Å². The third-order valence-corrected chi connectivity index (χ3v) is 4.62. The molecule has 132 valence electrons. The molecule has 5 nitrogen and oxygen atoms in total. The smallest absolute Gasteiger partial charge is 0.341 e. The number of carbonyl (C=O) groups excluding carboxylic acids is 1. The molecule has 1 amide bonds. The van der Waals surface area contributed by atoms with Crippen molar-refractivity contribution < 1.29 is 19.4 Å². The molecule has 0 heterocycles. The van der Waals surface area contributed by atoms with Crippen LogP contribution in [0.15, 0.2) is 24.3 Å². The summed E-state index contributed by atoms with van der Waals surface area (Å²) in [6.07, 6.45) is 8.14. The lowest BCUT2D eigenvalue weighted by atomic mass is 9.86. The molecule has 1 aliphatic rings. The Hall–Kier alpha value is -2.04. The van der Waals surface area contributed by atoms with Crippen LogP contribution >= 0.6 is 0 Å². The summed E-state index contributed by atoms with van der Waals surface area (Å²) in [6, 6.07) is 7.20. The van der Waals surface area contributed by atoms with Crippen LogP contribution in [-0.4, -0.2) is 35.5 Å². The first-order chi connectivity index (χ1) is 11.5. The van der Waals surface area contributed by atoms with Crippen LogP contribution in [0.3, 0.4) is 0 Å². The Bertz CT molecular complexity index is 535.